The summed E-state index contributed by atoms with van der Waals surface area (Å²) in [7, 11) is 1.55. The third kappa shape index (κ3) is 5.60. The number of amides is 1. The van der Waals surface area contributed by atoms with Crippen LogP contribution in [-0.2, 0) is 21.0 Å². The van der Waals surface area contributed by atoms with Crippen molar-refractivity contribution in [3.8, 4) is 11.5 Å². The Kier molecular flexibility index (Phi) is 7.78. The minimum atomic E-state index is -0.625. The molecular formula is C33H25N3O7S. The van der Waals surface area contributed by atoms with Crippen LogP contribution in [0.1, 0.15) is 34.0 Å². The molecule has 220 valence electrons. The standard InChI is InChI=1S/C33H25N3O7S/c1-20(37)43-36-31-26(7-4-14-34-31)27(32(36)39)17-21-8-11-24(12-9-21)42-16-15-35-28-13-10-23(19-29(28)44-33(35)40)30(38)22-5-3-6-25(18-22)41-2/h3-14,17-19H,15-16H2,1-2H3. The van der Waals surface area contributed by atoms with Crippen molar-refractivity contribution >= 4 is 56.7 Å². The van der Waals surface area contributed by atoms with E-state index in [1.807, 2.05) is 0 Å². The maximum atomic E-state index is 13.0. The Balaban J connectivity index is 1.13. The van der Waals surface area contributed by atoms with Gasteiger partial charge in [-0.1, -0.05) is 35.6 Å². The van der Waals surface area contributed by atoms with Crippen molar-refractivity contribution in [3.63, 3.8) is 0 Å². The maximum absolute atomic E-state index is 13.0. The molecule has 0 radical (unpaired) electrons. The van der Waals surface area contributed by atoms with E-state index in [2.05, 4.69) is 4.98 Å². The van der Waals surface area contributed by atoms with Crippen molar-refractivity contribution in [1.82, 2.24) is 9.55 Å². The van der Waals surface area contributed by atoms with E-state index in [1.165, 1.54) is 13.1 Å². The fourth-order valence-electron chi connectivity index (χ4n) is 4.87. The van der Waals surface area contributed by atoms with Gasteiger partial charge in [0.25, 0.3) is 5.91 Å². The van der Waals surface area contributed by atoms with Gasteiger partial charge < -0.3 is 14.3 Å². The molecule has 3 aromatic carbocycles. The number of hydroxylamine groups is 1. The quantitative estimate of drug-likeness (QED) is 0.167. The van der Waals surface area contributed by atoms with Gasteiger partial charge in [-0.2, -0.15) is 0 Å². The molecule has 6 rings (SSSR count). The lowest BCUT2D eigenvalue weighted by atomic mass is 10.0. The number of anilines is 1. The number of pyridine rings is 1. The van der Waals surface area contributed by atoms with Gasteiger partial charge in [0.15, 0.2) is 11.6 Å². The van der Waals surface area contributed by atoms with E-state index >= 15 is 0 Å². The summed E-state index contributed by atoms with van der Waals surface area (Å²) in [5.74, 6) is 0.181. The van der Waals surface area contributed by atoms with Crippen LogP contribution in [0.5, 0.6) is 11.5 Å². The van der Waals surface area contributed by atoms with Gasteiger partial charge in [-0.25, -0.2) is 9.78 Å². The summed E-state index contributed by atoms with van der Waals surface area (Å²) in [4.78, 5) is 59.4. The zero-order chi connectivity index (χ0) is 30.8. The van der Waals surface area contributed by atoms with Crippen molar-refractivity contribution in [1.29, 1.82) is 0 Å². The summed E-state index contributed by atoms with van der Waals surface area (Å²) in [6.45, 7) is 1.78. The lowest BCUT2D eigenvalue weighted by Crippen LogP contribution is -2.29. The fourth-order valence-corrected chi connectivity index (χ4v) is 5.83. The van der Waals surface area contributed by atoms with Crippen LogP contribution in [0.3, 0.4) is 0 Å². The maximum Gasteiger partial charge on any atom is 0.330 e. The monoisotopic (exact) mass is 607 g/mol. The average molecular weight is 608 g/mol. The molecule has 0 bridgehead atoms. The van der Waals surface area contributed by atoms with E-state index in [-0.39, 0.29) is 23.1 Å². The molecule has 5 aromatic rings. The predicted octanol–water partition coefficient (Wildman–Crippen LogP) is 5.14. The topological polar surface area (TPSA) is 117 Å². The zero-order valence-corrected chi connectivity index (χ0v) is 24.5. The van der Waals surface area contributed by atoms with Crippen LogP contribution in [0, 0.1) is 0 Å². The van der Waals surface area contributed by atoms with E-state index in [1.54, 1.807) is 96.6 Å². The van der Waals surface area contributed by atoms with Crippen molar-refractivity contribution in [3.05, 3.63) is 117 Å². The molecule has 44 heavy (non-hydrogen) atoms. The minimum Gasteiger partial charge on any atom is -0.497 e. The Hall–Kier alpha value is -5.55. The highest BCUT2D eigenvalue weighted by Gasteiger charge is 2.36. The number of ether oxygens (including phenoxy) is 2. The van der Waals surface area contributed by atoms with Gasteiger partial charge >= 0.3 is 10.8 Å². The van der Waals surface area contributed by atoms with Crippen LogP contribution in [0.25, 0.3) is 21.9 Å². The van der Waals surface area contributed by atoms with Crippen molar-refractivity contribution in [2.45, 2.75) is 13.5 Å². The summed E-state index contributed by atoms with van der Waals surface area (Å²) in [5.41, 5.74) is 3.37. The molecular weight excluding hydrogens is 582 g/mol. The number of hydrogen-bond donors (Lipinski definition) is 0. The van der Waals surface area contributed by atoms with Gasteiger partial charge in [0.1, 0.15) is 18.1 Å². The number of hydrogen-bond acceptors (Lipinski definition) is 9. The van der Waals surface area contributed by atoms with Crippen molar-refractivity contribution < 1.29 is 28.7 Å². The van der Waals surface area contributed by atoms with Gasteiger partial charge in [0, 0.05) is 29.8 Å². The SMILES string of the molecule is COc1cccc(C(=O)c2ccc3c(c2)sc(=O)n3CCOc2ccc(C=C3C(=O)N(OC(C)=O)c4ncccc43)cc2)c1. The number of carbonyl (C=O) groups is 3. The Morgan fingerprint density at radius 2 is 1.73 bits per heavy atom. The highest BCUT2D eigenvalue weighted by atomic mass is 32.1. The van der Waals surface area contributed by atoms with Crippen LogP contribution >= 0.6 is 11.3 Å². The van der Waals surface area contributed by atoms with Gasteiger partial charge in [-0.05, 0) is 66.2 Å². The van der Waals surface area contributed by atoms with Gasteiger partial charge in [-0.15, -0.1) is 5.06 Å². The highest BCUT2D eigenvalue weighted by molar-refractivity contribution is 7.16. The molecule has 11 heteroatoms. The predicted molar refractivity (Wildman–Crippen MR) is 166 cm³/mol. The molecule has 1 aliphatic rings. The summed E-state index contributed by atoms with van der Waals surface area (Å²) in [5, 5.41) is 0.899. The Labute approximate surface area is 255 Å². The van der Waals surface area contributed by atoms with Crippen molar-refractivity contribution in [2.75, 3.05) is 18.8 Å². The smallest absolute Gasteiger partial charge is 0.330 e. The molecule has 0 saturated carbocycles. The van der Waals surface area contributed by atoms with Gasteiger partial charge in [0.2, 0.25) is 0 Å². The molecule has 3 heterocycles. The van der Waals surface area contributed by atoms with E-state index in [4.69, 9.17) is 14.3 Å². The normalized spacial score (nSPS) is 13.3. The molecule has 0 saturated heterocycles. The second-order valence-electron chi connectivity index (χ2n) is 9.80. The van der Waals surface area contributed by atoms with E-state index in [0.717, 1.165) is 27.5 Å². The highest BCUT2D eigenvalue weighted by Crippen LogP contribution is 2.36. The molecule has 1 amide bonds. The Morgan fingerprint density at radius 1 is 0.932 bits per heavy atom. The van der Waals surface area contributed by atoms with Crippen molar-refractivity contribution in [2.24, 2.45) is 0 Å². The van der Waals surface area contributed by atoms with Crippen LogP contribution in [0.4, 0.5) is 5.82 Å². The number of benzene rings is 3. The second-order valence-corrected chi connectivity index (χ2v) is 10.8. The summed E-state index contributed by atoms with van der Waals surface area (Å²) < 4.78 is 13.5. The molecule has 0 atom stereocenters. The first-order valence-corrected chi connectivity index (χ1v) is 14.4. The summed E-state index contributed by atoms with van der Waals surface area (Å²) >= 11 is 1.08. The largest absolute Gasteiger partial charge is 0.497 e. The number of fused-ring (bicyclic) bond motifs is 2. The van der Waals surface area contributed by atoms with E-state index in [0.29, 0.717) is 45.0 Å². The first kappa shape index (κ1) is 28.6. The van der Waals surface area contributed by atoms with Gasteiger partial charge in [0.05, 0.1) is 29.4 Å². The number of thiazole rings is 1. The molecule has 10 nitrogen and oxygen atoms in total. The summed E-state index contributed by atoms with van der Waals surface area (Å²) in [6, 6.07) is 22.8. The molecule has 0 spiro atoms. The third-order valence-corrected chi connectivity index (χ3v) is 7.88. The fraction of sp³-hybridized carbons (Fsp3) is 0.121. The minimum absolute atomic E-state index is 0.143. The molecule has 0 aliphatic carbocycles. The van der Waals surface area contributed by atoms with Crippen LogP contribution in [0.2, 0.25) is 0 Å². The number of ketones is 1. The molecule has 0 N–H and O–H groups in total. The number of carbonyl (C=O) groups excluding carboxylic acids is 3. The average Bonchev–Trinajstić information content (AvgIpc) is 3.49. The number of methoxy groups -OCH3 is 1. The molecule has 0 fully saturated rings. The summed E-state index contributed by atoms with van der Waals surface area (Å²) in [6.07, 6.45) is 3.22. The van der Waals surface area contributed by atoms with Gasteiger partial charge in [-0.3, -0.25) is 19.0 Å². The van der Waals surface area contributed by atoms with E-state index < -0.39 is 11.9 Å². The number of aromatic nitrogens is 2. The Morgan fingerprint density at radius 3 is 2.50 bits per heavy atom. The van der Waals surface area contributed by atoms with Crippen LogP contribution in [-0.4, -0.2) is 40.9 Å². The number of nitrogens with zero attached hydrogens (tertiary/aromatic N) is 3. The third-order valence-electron chi connectivity index (χ3n) is 6.94. The molecule has 0 unspecified atom stereocenters. The first-order valence-electron chi connectivity index (χ1n) is 13.6. The lowest BCUT2D eigenvalue weighted by Gasteiger charge is -2.12. The van der Waals surface area contributed by atoms with E-state index in [9.17, 15) is 19.2 Å². The lowest BCUT2D eigenvalue weighted by molar-refractivity contribution is -0.146. The Bertz CT molecular complexity index is 2010. The molecule has 2 aromatic heterocycles. The van der Waals surface area contributed by atoms with Crippen LogP contribution < -0.4 is 19.4 Å². The first-order chi connectivity index (χ1) is 21.3. The second kappa shape index (κ2) is 12.0. The zero-order valence-electron chi connectivity index (χ0n) is 23.7. The van der Waals surface area contributed by atoms with Crippen LogP contribution in [0.15, 0.2) is 89.9 Å². The number of rotatable bonds is 9. The molecule has 1 aliphatic heterocycles.